The molecule has 1 aliphatic rings. The van der Waals surface area contributed by atoms with Crippen molar-refractivity contribution in [3.8, 4) is 0 Å². The molecule has 0 aromatic heterocycles. The highest BCUT2D eigenvalue weighted by Crippen LogP contribution is 2.11. The Morgan fingerprint density at radius 2 is 2.00 bits per heavy atom. The van der Waals surface area contributed by atoms with Gasteiger partial charge in [0.15, 0.2) is 12.3 Å². The number of carbonyl (C=O) groups excluding carboxylic acids is 2. The first-order valence-electron chi connectivity index (χ1n) is 7.29. The third-order valence-corrected chi connectivity index (χ3v) is 3.94. The normalized spacial score (nSPS) is 22.3. The summed E-state index contributed by atoms with van der Waals surface area (Å²) < 4.78 is 0. The fourth-order valence-electron chi connectivity index (χ4n) is 2.60. The number of amides is 1. The number of hydrogen-bond donors (Lipinski definition) is 2. The molecule has 2 N–H and O–H groups in total. The van der Waals surface area contributed by atoms with Crippen LogP contribution in [0.2, 0.25) is 0 Å². The second kappa shape index (κ2) is 6.66. The summed E-state index contributed by atoms with van der Waals surface area (Å²) in [6, 6.07) is 7.10. The summed E-state index contributed by atoms with van der Waals surface area (Å²) in [5, 5.41) is 2.88. The van der Waals surface area contributed by atoms with E-state index in [0.717, 1.165) is 19.0 Å². The lowest BCUT2D eigenvalue weighted by Gasteiger charge is -2.26. The molecule has 0 unspecified atom stereocenters. The van der Waals surface area contributed by atoms with Crippen LogP contribution in [0.1, 0.15) is 37.0 Å². The van der Waals surface area contributed by atoms with Crippen LogP contribution in [0.5, 0.6) is 0 Å². The maximum atomic E-state index is 12.0. The minimum absolute atomic E-state index is 0.0109. The first-order chi connectivity index (χ1) is 9.54. The van der Waals surface area contributed by atoms with Gasteiger partial charge in [-0.3, -0.25) is 9.59 Å². The predicted octanol–water partition coefficient (Wildman–Crippen LogP) is 1.14. The van der Waals surface area contributed by atoms with Crippen molar-refractivity contribution in [3.05, 3.63) is 29.8 Å². The van der Waals surface area contributed by atoms with Crippen molar-refractivity contribution < 1.29 is 14.5 Å². The number of ketones is 1. The molecule has 4 nitrogen and oxygen atoms in total. The number of carbonyl (C=O) groups is 2. The number of anilines is 1. The topological polar surface area (TPSA) is 50.6 Å². The molecule has 1 amide bonds. The van der Waals surface area contributed by atoms with Crippen molar-refractivity contribution in [2.75, 3.05) is 25.0 Å². The zero-order valence-corrected chi connectivity index (χ0v) is 12.2. The van der Waals surface area contributed by atoms with Crippen molar-refractivity contribution in [1.82, 2.24) is 0 Å². The van der Waals surface area contributed by atoms with Gasteiger partial charge in [0.2, 0.25) is 0 Å². The van der Waals surface area contributed by atoms with Crippen LogP contribution in [-0.4, -0.2) is 31.3 Å². The van der Waals surface area contributed by atoms with Gasteiger partial charge in [0, 0.05) is 11.3 Å². The third kappa shape index (κ3) is 4.17. The minimum atomic E-state index is 0.0109. The summed E-state index contributed by atoms with van der Waals surface area (Å²) in [4.78, 5) is 24.7. The molecule has 1 aromatic carbocycles. The molecule has 0 bridgehead atoms. The second-order valence-electron chi connectivity index (χ2n) is 5.79. The zero-order chi connectivity index (χ0) is 14.5. The van der Waals surface area contributed by atoms with Gasteiger partial charge < -0.3 is 10.2 Å². The molecule has 108 valence electrons. The van der Waals surface area contributed by atoms with Crippen molar-refractivity contribution in [3.63, 3.8) is 0 Å². The summed E-state index contributed by atoms with van der Waals surface area (Å²) in [6.07, 6.45) is 2.39. The van der Waals surface area contributed by atoms with Gasteiger partial charge in [0.25, 0.3) is 5.91 Å². The quantitative estimate of drug-likeness (QED) is 0.810. The molecular formula is C16H23N2O2+. The monoisotopic (exact) mass is 275 g/mol. The van der Waals surface area contributed by atoms with E-state index < -0.39 is 0 Å². The molecule has 0 saturated carbocycles. The van der Waals surface area contributed by atoms with Gasteiger partial charge in [-0.1, -0.05) is 19.1 Å². The maximum Gasteiger partial charge on any atom is 0.279 e. The van der Waals surface area contributed by atoms with E-state index in [0.29, 0.717) is 17.8 Å². The number of likely N-dealkylation sites (tertiary alicyclic amines) is 1. The first-order valence-corrected chi connectivity index (χ1v) is 7.29. The minimum Gasteiger partial charge on any atom is -0.327 e. The van der Waals surface area contributed by atoms with Crippen LogP contribution in [0, 0.1) is 5.92 Å². The number of hydrogen-bond acceptors (Lipinski definition) is 2. The van der Waals surface area contributed by atoms with E-state index in [1.54, 1.807) is 18.2 Å². The Kier molecular flexibility index (Phi) is 4.90. The molecule has 0 atom stereocenters. The highest BCUT2D eigenvalue weighted by molar-refractivity contribution is 5.97. The van der Waals surface area contributed by atoms with Crippen molar-refractivity contribution >= 4 is 17.4 Å². The Morgan fingerprint density at radius 3 is 2.65 bits per heavy atom. The SMILES string of the molecule is CC(=O)c1cccc(NC(=O)C[NH+]2CCC(C)CC2)c1. The second-order valence-corrected chi connectivity index (χ2v) is 5.79. The number of nitrogens with one attached hydrogen (secondary N) is 2. The van der Waals surface area contributed by atoms with Gasteiger partial charge in [-0.05, 0) is 37.8 Å². The molecule has 1 aromatic rings. The molecule has 1 saturated heterocycles. The van der Waals surface area contributed by atoms with E-state index in [-0.39, 0.29) is 11.7 Å². The van der Waals surface area contributed by atoms with Crippen molar-refractivity contribution in [2.45, 2.75) is 26.7 Å². The Bertz CT molecular complexity index is 491. The highest BCUT2D eigenvalue weighted by Gasteiger charge is 2.21. The van der Waals surface area contributed by atoms with E-state index in [4.69, 9.17) is 0 Å². The largest absolute Gasteiger partial charge is 0.327 e. The number of piperidine rings is 1. The maximum absolute atomic E-state index is 12.0. The molecular weight excluding hydrogens is 252 g/mol. The van der Waals surface area contributed by atoms with Crippen LogP contribution < -0.4 is 10.2 Å². The first kappa shape index (κ1) is 14.7. The number of rotatable bonds is 4. The van der Waals surface area contributed by atoms with Crippen molar-refractivity contribution in [1.29, 1.82) is 0 Å². The van der Waals surface area contributed by atoms with Crippen LogP contribution >= 0.6 is 0 Å². The fraction of sp³-hybridized carbons (Fsp3) is 0.500. The van der Waals surface area contributed by atoms with Gasteiger partial charge in [-0.2, -0.15) is 0 Å². The Morgan fingerprint density at radius 1 is 1.30 bits per heavy atom. The van der Waals surface area contributed by atoms with E-state index in [9.17, 15) is 9.59 Å². The smallest absolute Gasteiger partial charge is 0.279 e. The lowest BCUT2D eigenvalue weighted by Crippen LogP contribution is -3.14. The summed E-state index contributed by atoms with van der Waals surface area (Å²) in [5.41, 5.74) is 1.33. The van der Waals surface area contributed by atoms with E-state index in [2.05, 4.69) is 12.2 Å². The predicted molar refractivity (Wildman–Crippen MR) is 79.0 cm³/mol. The average Bonchev–Trinajstić information content (AvgIpc) is 2.41. The molecule has 0 spiro atoms. The number of benzene rings is 1. The summed E-state index contributed by atoms with van der Waals surface area (Å²) in [6.45, 7) is 6.45. The average molecular weight is 275 g/mol. The van der Waals surface area contributed by atoms with Crippen LogP contribution in [0.3, 0.4) is 0 Å². The molecule has 1 fully saturated rings. The lowest BCUT2D eigenvalue weighted by atomic mass is 9.99. The molecule has 0 aliphatic carbocycles. The van der Waals surface area contributed by atoms with Gasteiger partial charge in [-0.15, -0.1) is 0 Å². The van der Waals surface area contributed by atoms with Crippen LogP contribution in [0.15, 0.2) is 24.3 Å². The third-order valence-electron chi connectivity index (χ3n) is 3.94. The molecule has 20 heavy (non-hydrogen) atoms. The van der Waals surface area contributed by atoms with E-state index in [1.165, 1.54) is 24.7 Å². The Labute approximate surface area is 120 Å². The van der Waals surface area contributed by atoms with E-state index >= 15 is 0 Å². The van der Waals surface area contributed by atoms with Crippen LogP contribution in [0.4, 0.5) is 5.69 Å². The highest BCUT2D eigenvalue weighted by atomic mass is 16.2. The lowest BCUT2D eigenvalue weighted by molar-refractivity contribution is -0.897. The number of Topliss-reactive ketones (excluding diaryl/α,β-unsaturated/α-hetero) is 1. The fourth-order valence-corrected chi connectivity index (χ4v) is 2.60. The molecule has 1 aliphatic heterocycles. The Hall–Kier alpha value is -1.68. The molecule has 1 heterocycles. The standard InChI is InChI=1S/C16H22N2O2/c1-12-6-8-18(9-7-12)11-16(20)17-15-5-3-4-14(10-15)13(2)19/h3-5,10,12H,6-9,11H2,1-2H3,(H,17,20)/p+1. The van der Waals surface area contributed by atoms with Gasteiger partial charge >= 0.3 is 0 Å². The Balaban J connectivity index is 1.88. The summed E-state index contributed by atoms with van der Waals surface area (Å²) in [7, 11) is 0. The van der Waals surface area contributed by atoms with Crippen LogP contribution in [-0.2, 0) is 4.79 Å². The van der Waals surface area contributed by atoms with Gasteiger partial charge in [0.05, 0.1) is 13.1 Å². The summed E-state index contributed by atoms with van der Waals surface area (Å²) >= 11 is 0. The molecule has 4 heteroatoms. The van der Waals surface area contributed by atoms with Crippen LogP contribution in [0.25, 0.3) is 0 Å². The van der Waals surface area contributed by atoms with Gasteiger partial charge in [-0.25, -0.2) is 0 Å². The number of quaternary nitrogens is 1. The molecule has 0 radical (unpaired) electrons. The zero-order valence-electron chi connectivity index (χ0n) is 12.2. The summed E-state index contributed by atoms with van der Waals surface area (Å²) in [5.74, 6) is 0.820. The molecule has 2 rings (SSSR count). The van der Waals surface area contributed by atoms with Gasteiger partial charge in [0.1, 0.15) is 0 Å². The van der Waals surface area contributed by atoms with Crippen molar-refractivity contribution in [2.24, 2.45) is 5.92 Å². The van der Waals surface area contributed by atoms with E-state index in [1.807, 2.05) is 6.07 Å².